The summed E-state index contributed by atoms with van der Waals surface area (Å²) in [6.45, 7) is 7.31. The van der Waals surface area contributed by atoms with E-state index in [0.717, 1.165) is 0 Å². The minimum absolute atomic E-state index is 0.0236. The van der Waals surface area contributed by atoms with Gasteiger partial charge in [-0.15, -0.1) is 0 Å². The number of carboxylic acid groups (broad SMARTS) is 1. The first-order valence-electron chi connectivity index (χ1n) is 6.26. The highest BCUT2D eigenvalue weighted by molar-refractivity contribution is 5.94. The summed E-state index contributed by atoms with van der Waals surface area (Å²) in [5.74, 6) is -0.876. The SMILES string of the molecule is CCc1ocnc1C(=O)NC(C)(CC(=O)O)C(C)C. The molecule has 0 bridgehead atoms. The Kier molecular flexibility index (Phi) is 4.69. The van der Waals surface area contributed by atoms with E-state index in [1.807, 2.05) is 20.8 Å². The van der Waals surface area contributed by atoms with Crippen molar-refractivity contribution in [2.45, 2.75) is 46.1 Å². The van der Waals surface area contributed by atoms with Crippen LogP contribution >= 0.6 is 0 Å². The molecule has 0 aliphatic rings. The maximum absolute atomic E-state index is 12.2. The van der Waals surface area contributed by atoms with Crippen molar-refractivity contribution in [1.82, 2.24) is 10.3 Å². The van der Waals surface area contributed by atoms with Crippen LogP contribution in [0.25, 0.3) is 0 Å². The number of amides is 1. The normalized spacial score (nSPS) is 14.2. The van der Waals surface area contributed by atoms with Crippen LogP contribution in [0.2, 0.25) is 0 Å². The number of aromatic nitrogens is 1. The average Bonchev–Trinajstić information content (AvgIpc) is 2.75. The third-order valence-corrected chi connectivity index (χ3v) is 3.37. The third-order valence-electron chi connectivity index (χ3n) is 3.37. The van der Waals surface area contributed by atoms with Gasteiger partial charge in [0, 0.05) is 6.42 Å². The molecule has 19 heavy (non-hydrogen) atoms. The zero-order valence-electron chi connectivity index (χ0n) is 11.7. The van der Waals surface area contributed by atoms with Gasteiger partial charge >= 0.3 is 5.97 Å². The molecule has 0 fully saturated rings. The van der Waals surface area contributed by atoms with Gasteiger partial charge < -0.3 is 14.8 Å². The van der Waals surface area contributed by atoms with E-state index in [0.29, 0.717) is 12.2 Å². The van der Waals surface area contributed by atoms with Crippen molar-refractivity contribution in [2.75, 3.05) is 0 Å². The number of carbonyl (C=O) groups excluding carboxylic acids is 1. The summed E-state index contributed by atoms with van der Waals surface area (Å²) in [4.78, 5) is 27.0. The molecule has 6 nitrogen and oxygen atoms in total. The first-order chi connectivity index (χ1) is 8.80. The molecule has 1 aromatic rings. The summed E-state index contributed by atoms with van der Waals surface area (Å²) in [5, 5.41) is 11.7. The molecular weight excluding hydrogens is 248 g/mol. The molecular formula is C13H20N2O4. The number of nitrogens with one attached hydrogen (secondary N) is 1. The smallest absolute Gasteiger partial charge is 0.305 e. The van der Waals surface area contributed by atoms with Gasteiger partial charge in [-0.25, -0.2) is 4.98 Å². The van der Waals surface area contributed by atoms with Crippen LogP contribution < -0.4 is 5.32 Å². The van der Waals surface area contributed by atoms with Crippen molar-refractivity contribution in [3.05, 3.63) is 17.8 Å². The van der Waals surface area contributed by atoms with E-state index in [9.17, 15) is 9.59 Å². The Balaban J connectivity index is 2.91. The minimum atomic E-state index is -0.952. The van der Waals surface area contributed by atoms with E-state index in [1.54, 1.807) is 6.92 Å². The van der Waals surface area contributed by atoms with Crippen molar-refractivity contribution in [1.29, 1.82) is 0 Å². The average molecular weight is 268 g/mol. The highest BCUT2D eigenvalue weighted by Crippen LogP contribution is 2.22. The van der Waals surface area contributed by atoms with Crippen molar-refractivity contribution >= 4 is 11.9 Å². The molecule has 6 heteroatoms. The number of aliphatic carboxylic acids is 1. The lowest BCUT2D eigenvalue weighted by atomic mass is 9.85. The minimum Gasteiger partial charge on any atom is -0.481 e. The quantitative estimate of drug-likeness (QED) is 0.821. The molecule has 0 spiro atoms. The fourth-order valence-corrected chi connectivity index (χ4v) is 1.73. The molecule has 0 saturated carbocycles. The molecule has 2 N–H and O–H groups in total. The van der Waals surface area contributed by atoms with E-state index >= 15 is 0 Å². The lowest BCUT2D eigenvalue weighted by Gasteiger charge is -2.33. The van der Waals surface area contributed by atoms with E-state index < -0.39 is 17.4 Å². The molecule has 1 heterocycles. The molecule has 0 saturated heterocycles. The van der Waals surface area contributed by atoms with Crippen LogP contribution in [0.3, 0.4) is 0 Å². The zero-order chi connectivity index (χ0) is 14.6. The summed E-state index contributed by atoms with van der Waals surface area (Å²) in [5.41, 5.74) is -0.605. The van der Waals surface area contributed by atoms with Crippen LogP contribution in [0.5, 0.6) is 0 Å². The number of carbonyl (C=O) groups is 2. The Morgan fingerprint density at radius 3 is 2.63 bits per heavy atom. The number of aryl methyl sites for hydroxylation is 1. The maximum atomic E-state index is 12.2. The van der Waals surface area contributed by atoms with Gasteiger partial charge in [0.2, 0.25) is 0 Å². The highest BCUT2D eigenvalue weighted by atomic mass is 16.4. The van der Waals surface area contributed by atoms with Crippen molar-refractivity contribution in [3.63, 3.8) is 0 Å². The van der Waals surface area contributed by atoms with Gasteiger partial charge in [-0.3, -0.25) is 9.59 Å². The number of rotatable bonds is 6. The topological polar surface area (TPSA) is 92.4 Å². The van der Waals surface area contributed by atoms with Gasteiger partial charge in [-0.2, -0.15) is 0 Å². The van der Waals surface area contributed by atoms with Crippen LogP contribution in [-0.2, 0) is 11.2 Å². The summed E-state index contributed by atoms with van der Waals surface area (Å²) in [6, 6.07) is 0. The Morgan fingerprint density at radius 2 is 2.16 bits per heavy atom. The molecule has 0 aliphatic carbocycles. The van der Waals surface area contributed by atoms with Crippen LogP contribution in [0.1, 0.15) is 50.4 Å². The monoisotopic (exact) mass is 268 g/mol. The van der Waals surface area contributed by atoms with Crippen LogP contribution in [0.4, 0.5) is 0 Å². The lowest BCUT2D eigenvalue weighted by Crippen LogP contribution is -2.51. The second-order valence-corrected chi connectivity index (χ2v) is 5.07. The Bertz CT molecular complexity index is 467. The van der Waals surface area contributed by atoms with Gasteiger partial charge in [0.05, 0.1) is 12.0 Å². The largest absolute Gasteiger partial charge is 0.481 e. The molecule has 0 aliphatic heterocycles. The Labute approximate surface area is 112 Å². The molecule has 106 valence electrons. The van der Waals surface area contributed by atoms with Crippen LogP contribution in [-0.4, -0.2) is 27.5 Å². The van der Waals surface area contributed by atoms with Gasteiger partial charge in [-0.05, 0) is 12.8 Å². The number of nitrogens with zero attached hydrogens (tertiary/aromatic N) is 1. The van der Waals surface area contributed by atoms with Gasteiger partial charge in [0.25, 0.3) is 5.91 Å². The van der Waals surface area contributed by atoms with E-state index in [4.69, 9.17) is 9.52 Å². The predicted molar refractivity (Wildman–Crippen MR) is 68.8 cm³/mol. The van der Waals surface area contributed by atoms with Gasteiger partial charge in [0.15, 0.2) is 12.1 Å². The van der Waals surface area contributed by atoms with E-state index in [-0.39, 0.29) is 18.0 Å². The number of hydrogen-bond acceptors (Lipinski definition) is 4. The summed E-state index contributed by atoms with van der Waals surface area (Å²) in [6.07, 6.45) is 1.63. The molecule has 1 rings (SSSR count). The number of oxazole rings is 1. The highest BCUT2D eigenvalue weighted by Gasteiger charge is 2.34. The summed E-state index contributed by atoms with van der Waals surface area (Å²) < 4.78 is 5.10. The van der Waals surface area contributed by atoms with Crippen LogP contribution in [0, 0.1) is 5.92 Å². The molecule has 1 aromatic heterocycles. The first kappa shape index (κ1) is 15.2. The molecule has 1 unspecified atom stereocenters. The van der Waals surface area contributed by atoms with Crippen LogP contribution in [0.15, 0.2) is 10.8 Å². The van der Waals surface area contributed by atoms with E-state index in [2.05, 4.69) is 10.3 Å². The maximum Gasteiger partial charge on any atom is 0.305 e. The van der Waals surface area contributed by atoms with Gasteiger partial charge in [-0.1, -0.05) is 20.8 Å². The Hall–Kier alpha value is -1.85. The summed E-state index contributed by atoms with van der Waals surface area (Å²) in [7, 11) is 0. The van der Waals surface area contributed by atoms with E-state index in [1.165, 1.54) is 6.39 Å². The lowest BCUT2D eigenvalue weighted by molar-refractivity contribution is -0.138. The van der Waals surface area contributed by atoms with Crippen molar-refractivity contribution in [2.24, 2.45) is 5.92 Å². The molecule has 1 amide bonds. The molecule has 0 aromatic carbocycles. The zero-order valence-corrected chi connectivity index (χ0v) is 11.7. The standard InChI is InChI=1S/C13H20N2O4/c1-5-9-11(14-7-19-9)12(18)15-13(4,8(2)3)6-10(16)17/h7-8H,5-6H2,1-4H3,(H,15,18)(H,16,17). The van der Waals surface area contributed by atoms with Crippen molar-refractivity contribution in [3.8, 4) is 0 Å². The second kappa shape index (κ2) is 5.86. The predicted octanol–water partition coefficient (Wildman–Crippen LogP) is 1.86. The third kappa shape index (κ3) is 3.56. The molecule has 1 atom stereocenters. The fraction of sp³-hybridized carbons (Fsp3) is 0.615. The number of hydrogen-bond donors (Lipinski definition) is 2. The molecule has 0 radical (unpaired) electrons. The van der Waals surface area contributed by atoms with Gasteiger partial charge in [0.1, 0.15) is 5.76 Å². The first-order valence-corrected chi connectivity index (χ1v) is 6.26. The second-order valence-electron chi connectivity index (χ2n) is 5.07. The number of carboxylic acids is 1. The Morgan fingerprint density at radius 1 is 1.53 bits per heavy atom. The van der Waals surface area contributed by atoms with Crippen molar-refractivity contribution < 1.29 is 19.1 Å². The summed E-state index contributed by atoms with van der Waals surface area (Å²) >= 11 is 0. The fourth-order valence-electron chi connectivity index (χ4n) is 1.73.